The van der Waals surface area contributed by atoms with E-state index in [4.69, 9.17) is 28.4 Å². The number of allylic oxidation sites excluding steroid dienone is 1. The highest BCUT2D eigenvalue weighted by Crippen LogP contribution is 2.37. The van der Waals surface area contributed by atoms with E-state index in [2.05, 4.69) is 20.9 Å². The Kier molecular flexibility index (Phi) is 11.6. The van der Waals surface area contributed by atoms with Crippen molar-refractivity contribution in [3.05, 3.63) is 113 Å². The van der Waals surface area contributed by atoms with E-state index in [0.29, 0.717) is 55.8 Å². The lowest BCUT2D eigenvalue weighted by Gasteiger charge is -2.25. The van der Waals surface area contributed by atoms with Crippen LogP contribution >= 0.6 is 27.3 Å². The summed E-state index contributed by atoms with van der Waals surface area (Å²) in [6.45, 7) is 5.62. The Morgan fingerprint density at radius 1 is 0.959 bits per heavy atom. The standard InChI is InChI=1S/C36H35BrN2O9S/c1-6-45-28-17-23(13-16-26(28)47-20-30(40)44-5)32-31(35(42)46-7-2)21(3)38-36-39(32)34(41)29(49-36)18-24-9-8-10-27(43-4)33(24)48-19-22-11-14-25(37)15-12-22/h8-18,32H,6-7,19-20H2,1-5H3/b29-18+/t32-/m1/s1. The predicted octanol–water partition coefficient (Wildman–Crippen LogP) is 5.10. The lowest BCUT2D eigenvalue weighted by Crippen LogP contribution is -2.40. The number of benzene rings is 3. The zero-order chi connectivity index (χ0) is 35.1. The molecule has 0 saturated carbocycles. The molecule has 13 heteroatoms. The molecule has 49 heavy (non-hydrogen) atoms. The Labute approximate surface area is 295 Å². The minimum Gasteiger partial charge on any atom is -0.493 e. The molecule has 1 atom stereocenters. The van der Waals surface area contributed by atoms with Crippen molar-refractivity contribution in [3.63, 3.8) is 0 Å². The maximum absolute atomic E-state index is 14.3. The first kappa shape index (κ1) is 35.4. The number of methoxy groups -OCH3 is 2. The van der Waals surface area contributed by atoms with Crippen molar-refractivity contribution in [3.8, 4) is 23.0 Å². The summed E-state index contributed by atoms with van der Waals surface area (Å²) in [5.74, 6) is 0.462. The molecule has 256 valence electrons. The summed E-state index contributed by atoms with van der Waals surface area (Å²) in [4.78, 5) is 44.6. The quantitative estimate of drug-likeness (QED) is 0.172. The average molecular weight is 752 g/mol. The summed E-state index contributed by atoms with van der Waals surface area (Å²) < 4.78 is 36.3. The number of halogens is 1. The summed E-state index contributed by atoms with van der Waals surface area (Å²) in [6, 6.07) is 17.4. The first-order chi connectivity index (χ1) is 23.7. The highest BCUT2D eigenvalue weighted by Gasteiger charge is 2.34. The summed E-state index contributed by atoms with van der Waals surface area (Å²) >= 11 is 4.64. The van der Waals surface area contributed by atoms with Gasteiger partial charge in [-0.3, -0.25) is 9.36 Å². The summed E-state index contributed by atoms with van der Waals surface area (Å²) in [5, 5.41) is 0. The van der Waals surface area contributed by atoms with Gasteiger partial charge in [0, 0.05) is 10.0 Å². The van der Waals surface area contributed by atoms with E-state index in [0.717, 1.165) is 10.0 Å². The molecule has 1 aliphatic heterocycles. The van der Waals surface area contributed by atoms with Gasteiger partial charge in [0.25, 0.3) is 5.56 Å². The van der Waals surface area contributed by atoms with Crippen molar-refractivity contribution in [2.45, 2.75) is 33.4 Å². The van der Waals surface area contributed by atoms with E-state index in [9.17, 15) is 14.4 Å². The van der Waals surface area contributed by atoms with Gasteiger partial charge in [-0.2, -0.15) is 0 Å². The zero-order valence-electron chi connectivity index (χ0n) is 27.6. The number of ether oxygens (including phenoxy) is 6. The molecule has 0 unspecified atom stereocenters. The molecule has 0 amide bonds. The minimum atomic E-state index is -0.898. The fourth-order valence-corrected chi connectivity index (χ4v) is 6.53. The normalized spacial score (nSPS) is 14.1. The second-order valence-corrected chi connectivity index (χ2v) is 12.5. The number of esters is 2. The first-order valence-electron chi connectivity index (χ1n) is 15.4. The number of carbonyl (C=O) groups excluding carboxylic acids is 2. The Morgan fingerprint density at radius 2 is 1.73 bits per heavy atom. The van der Waals surface area contributed by atoms with Crippen molar-refractivity contribution in [1.29, 1.82) is 0 Å². The molecule has 0 aliphatic carbocycles. The van der Waals surface area contributed by atoms with Crippen molar-refractivity contribution in [2.24, 2.45) is 4.99 Å². The fraction of sp³-hybridized carbons (Fsp3) is 0.278. The van der Waals surface area contributed by atoms with Crippen LogP contribution in [0, 0.1) is 0 Å². The van der Waals surface area contributed by atoms with E-state index in [1.165, 1.54) is 23.0 Å². The Bertz CT molecular complexity index is 2070. The average Bonchev–Trinajstić information content (AvgIpc) is 3.40. The monoisotopic (exact) mass is 750 g/mol. The number of thiazole rings is 1. The van der Waals surface area contributed by atoms with Crippen LogP contribution in [0.15, 0.2) is 86.2 Å². The molecule has 1 aromatic heterocycles. The second-order valence-electron chi connectivity index (χ2n) is 10.6. The number of hydrogen-bond acceptors (Lipinski definition) is 11. The topological polar surface area (TPSA) is 124 Å². The van der Waals surface area contributed by atoms with Gasteiger partial charge in [0.2, 0.25) is 0 Å². The van der Waals surface area contributed by atoms with Gasteiger partial charge in [0.1, 0.15) is 6.61 Å². The molecule has 3 aromatic carbocycles. The molecule has 4 aromatic rings. The van der Waals surface area contributed by atoms with Gasteiger partial charge >= 0.3 is 11.9 Å². The maximum atomic E-state index is 14.3. The van der Waals surface area contributed by atoms with E-state index in [1.54, 1.807) is 51.3 Å². The SMILES string of the molecule is CCOC(=O)C1=C(C)N=c2s/c(=C/c3cccc(OC)c3OCc3ccc(Br)cc3)c(=O)n2[C@@H]1c1ccc(OCC(=O)OC)c(OCC)c1. The Balaban J connectivity index is 1.63. The van der Waals surface area contributed by atoms with Crippen molar-refractivity contribution in [2.75, 3.05) is 34.0 Å². The summed E-state index contributed by atoms with van der Waals surface area (Å²) in [6.07, 6.45) is 1.74. The van der Waals surface area contributed by atoms with Gasteiger partial charge in [-0.25, -0.2) is 14.6 Å². The van der Waals surface area contributed by atoms with E-state index < -0.39 is 18.0 Å². The summed E-state index contributed by atoms with van der Waals surface area (Å²) in [7, 11) is 2.83. The zero-order valence-corrected chi connectivity index (χ0v) is 30.0. The van der Waals surface area contributed by atoms with Crippen molar-refractivity contribution in [1.82, 2.24) is 4.57 Å². The van der Waals surface area contributed by atoms with Gasteiger partial charge in [0.05, 0.1) is 49.3 Å². The Hall–Kier alpha value is -4.88. The largest absolute Gasteiger partial charge is 0.493 e. The molecule has 2 heterocycles. The third-order valence-electron chi connectivity index (χ3n) is 7.49. The van der Waals surface area contributed by atoms with Crippen LogP contribution in [-0.2, 0) is 25.7 Å². The maximum Gasteiger partial charge on any atom is 0.343 e. The molecule has 11 nitrogen and oxygen atoms in total. The van der Waals surface area contributed by atoms with Crippen LogP contribution in [0.25, 0.3) is 6.08 Å². The number of hydrogen-bond donors (Lipinski definition) is 0. The minimum absolute atomic E-state index is 0.135. The van der Waals surface area contributed by atoms with Crippen LogP contribution in [0.1, 0.15) is 43.5 Å². The number of para-hydroxylation sites is 1. The lowest BCUT2D eigenvalue weighted by atomic mass is 9.95. The molecular formula is C36H35BrN2O9S. The van der Waals surface area contributed by atoms with Crippen molar-refractivity contribution < 1.29 is 38.0 Å². The first-order valence-corrected chi connectivity index (χ1v) is 17.0. The molecule has 0 N–H and O–H groups in total. The van der Waals surface area contributed by atoms with E-state index in [1.807, 2.05) is 43.3 Å². The van der Waals surface area contributed by atoms with Crippen LogP contribution in [0.3, 0.4) is 0 Å². The van der Waals surface area contributed by atoms with Crippen LogP contribution < -0.4 is 33.8 Å². The highest BCUT2D eigenvalue weighted by atomic mass is 79.9. The van der Waals surface area contributed by atoms with Gasteiger partial charge in [-0.1, -0.05) is 57.6 Å². The number of fused-ring (bicyclic) bond motifs is 1. The second kappa shape index (κ2) is 16.0. The van der Waals surface area contributed by atoms with Crippen LogP contribution in [-0.4, -0.2) is 50.5 Å². The van der Waals surface area contributed by atoms with E-state index >= 15 is 0 Å². The highest BCUT2D eigenvalue weighted by molar-refractivity contribution is 9.10. The molecule has 5 rings (SSSR count). The number of nitrogens with zero attached hydrogens (tertiary/aromatic N) is 2. The van der Waals surface area contributed by atoms with Crippen LogP contribution in [0.4, 0.5) is 0 Å². The number of aromatic nitrogens is 1. The smallest absolute Gasteiger partial charge is 0.343 e. The third kappa shape index (κ3) is 7.89. The Morgan fingerprint density at radius 3 is 2.43 bits per heavy atom. The molecule has 0 fully saturated rings. The molecule has 0 spiro atoms. The molecular weight excluding hydrogens is 716 g/mol. The van der Waals surface area contributed by atoms with Crippen LogP contribution in [0.2, 0.25) is 0 Å². The number of carbonyl (C=O) groups is 2. The van der Waals surface area contributed by atoms with Crippen molar-refractivity contribution >= 4 is 45.3 Å². The van der Waals surface area contributed by atoms with Gasteiger partial charge in [-0.05, 0) is 68.3 Å². The molecule has 1 aliphatic rings. The molecule has 0 bridgehead atoms. The fourth-order valence-electron chi connectivity index (χ4n) is 5.22. The van der Waals surface area contributed by atoms with Gasteiger partial charge < -0.3 is 28.4 Å². The summed E-state index contributed by atoms with van der Waals surface area (Å²) in [5.41, 5.74) is 2.40. The molecule has 0 saturated heterocycles. The van der Waals surface area contributed by atoms with Gasteiger partial charge in [-0.15, -0.1) is 0 Å². The number of rotatable bonds is 13. The predicted molar refractivity (Wildman–Crippen MR) is 187 cm³/mol. The molecule has 0 radical (unpaired) electrons. The van der Waals surface area contributed by atoms with Crippen LogP contribution in [0.5, 0.6) is 23.0 Å². The lowest BCUT2D eigenvalue weighted by molar-refractivity contribution is -0.143. The van der Waals surface area contributed by atoms with Gasteiger partial charge in [0.15, 0.2) is 34.4 Å². The van der Waals surface area contributed by atoms with E-state index in [-0.39, 0.29) is 31.0 Å². The third-order valence-corrected chi connectivity index (χ3v) is 9.00.